The summed E-state index contributed by atoms with van der Waals surface area (Å²) in [7, 11) is 0. The van der Waals surface area contributed by atoms with Crippen LogP contribution in [0.25, 0.3) is 0 Å². The van der Waals surface area contributed by atoms with Crippen LogP contribution in [0.4, 0.5) is 0 Å². The van der Waals surface area contributed by atoms with Gasteiger partial charge in [-0.05, 0) is 41.0 Å². The monoisotopic (exact) mass is 271 g/mol. The van der Waals surface area contributed by atoms with Crippen LogP contribution in [0.1, 0.15) is 37.8 Å². The van der Waals surface area contributed by atoms with Gasteiger partial charge in [-0.25, -0.2) is 0 Å². The molecule has 1 aromatic heterocycles. The molecule has 4 heteroatoms. The highest BCUT2D eigenvalue weighted by Crippen LogP contribution is 2.28. The predicted molar refractivity (Wildman–Crippen MR) is 76.9 cm³/mol. The first-order chi connectivity index (χ1) is 8.23. The minimum Gasteiger partial charge on any atom is -0.388 e. The zero-order chi connectivity index (χ0) is 12.1. The molecular weight excluding hydrogens is 250 g/mol. The van der Waals surface area contributed by atoms with Gasteiger partial charge in [0.15, 0.2) is 0 Å². The van der Waals surface area contributed by atoms with E-state index in [1.165, 1.54) is 12.0 Å². The normalized spacial score (nSPS) is 26.2. The third-order valence-electron chi connectivity index (χ3n) is 3.28. The summed E-state index contributed by atoms with van der Waals surface area (Å²) >= 11 is 3.60. The number of hydrogen-bond donors (Lipinski definition) is 2. The minimum atomic E-state index is -0.479. The first-order valence-electron chi connectivity index (χ1n) is 6.29. The van der Waals surface area contributed by atoms with Crippen molar-refractivity contribution in [2.24, 2.45) is 0 Å². The Morgan fingerprint density at radius 1 is 1.59 bits per heavy atom. The van der Waals surface area contributed by atoms with Gasteiger partial charge < -0.3 is 10.4 Å². The molecule has 1 aliphatic heterocycles. The zero-order valence-electron chi connectivity index (χ0n) is 10.3. The molecule has 0 amide bonds. The van der Waals surface area contributed by atoms with Crippen molar-refractivity contribution in [2.45, 2.75) is 37.8 Å². The van der Waals surface area contributed by atoms with E-state index in [4.69, 9.17) is 0 Å². The van der Waals surface area contributed by atoms with Crippen LogP contribution in [0.3, 0.4) is 0 Å². The van der Waals surface area contributed by atoms with Gasteiger partial charge in [-0.2, -0.15) is 23.1 Å². The van der Waals surface area contributed by atoms with Gasteiger partial charge >= 0.3 is 0 Å². The number of aliphatic hydroxyl groups is 1. The second-order valence-electron chi connectivity index (χ2n) is 4.81. The molecule has 1 saturated heterocycles. The maximum absolute atomic E-state index is 10.3. The molecule has 1 aliphatic rings. The fourth-order valence-electron chi connectivity index (χ4n) is 2.20. The lowest BCUT2D eigenvalue weighted by Crippen LogP contribution is -2.41. The van der Waals surface area contributed by atoms with Crippen molar-refractivity contribution in [3.63, 3.8) is 0 Å². The Labute approximate surface area is 112 Å². The Hall–Kier alpha value is -0.0300. The van der Waals surface area contributed by atoms with E-state index in [0.717, 1.165) is 30.9 Å². The van der Waals surface area contributed by atoms with Crippen LogP contribution < -0.4 is 5.32 Å². The van der Waals surface area contributed by atoms with Crippen molar-refractivity contribution in [1.82, 2.24) is 5.32 Å². The quantitative estimate of drug-likeness (QED) is 0.834. The summed E-state index contributed by atoms with van der Waals surface area (Å²) in [5.41, 5.74) is 0.887. The average molecular weight is 271 g/mol. The van der Waals surface area contributed by atoms with E-state index in [9.17, 15) is 5.11 Å². The lowest BCUT2D eigenvalue weighted by atomic mass is 10.0. The molecule has 2 atom stereocenters. The Bertz CT molecular complexity index is 320. The SMILES string of the molecule is CCC[C@@H](NC[C@@]1(O)CCSC1)c1ccsc1. The Morgan fingerprint density at radius 2 is 2.47 bits per heavy atom. The van der Waals surface area contributed by atoms with Crippen molar-refractivity contribution < 1.29 is 5.11 Å². The molecule has 2 N–H and O–H groups in total. The highest BCUT2D eigenvalue weighted by molar-refractivity contribution is 7.99. The van der Waals surface area contributed by atoms with Crippen LogP contribution in [0.2, 0.25) is 0 Å². The molecular formula is C13H21NOS2. The van der Waals surface area contributed by atoms with E-state index in [1.54, 1.807) is 11.3 Å². The first kappa shape index (κ1) is 13.4. The zero-order valence-corrected chi connectivity index (χ0v) is 11.9. The van der Waals surface area contributed by atoms with E-state index in [1.807, 2.05) is 11.8 Å². The summed E-state index contributed by atoms with van der Waals surface area (Å²) in [5.74, 6) is 1.97. The van der Waals surface area contributed by atoms with Crippen LogP contribution in [0.15, 0.2) is 16.8 Å². The molecule has 1 fully saturated rings. The maximum Gasteiger partial charge on any atom is 0.0869 e. The summed E-state index contributed by atoms with van der Waals surface area (Å²) in [6.45, 7) is 2.93. The third-order valence-corrected chi connectivity index (χ3v) is 5.22. The number of rotatable bonds is 6. The van der Waals surface area contributed by atoms with Crippen molar-refractivity contribution >= 4 is 23.1 Å². The topological polar surface area (TPSA) is 32.3 Å². The largest absolute Gasteiger partial charge is 0.388 e. The highest BCUT2D eigenvalue weighted by Gasteiger charge is 2.32. The molecule has 0 radical (unpaired) electrons. The fourth-order valence-corrected chi connectivity index (χ4v) is 4.21. The molecule has 0 saturated carbocycles. The Balaban J connectivity index is 1.89. The molecule has 2 nitrogen and oxygen atoms in total. The predicted octanol–water partition coefficient (Wildman–Crippen LogP) is 3.05. The van der Waals surface area contributed by atoms with Crippen molar-refractivity contribution in [2.75, 3.05) is 18.1 Å². The summed E-state index contributed by atoms with van der Waals surface area (Å²) < 4.78 is 0. The highest BCUT2D eigenvalue weighted by atomic mass is 32.2. The maximum atomic E-state index is 10.3. The van der Waals surface area contributed by atoms with Gasteiger partial charge in [0.1, 0.15) is 0 Å². The standard InChI is InChI=1S/C13H21NOS2/c1-2-3-12(11-4-6-16-8-11)14-9-13(15)5-7-17-10-13/h4,6,8,12,14-15H,2-3,5,7,9-10H2,1H3/t12-,13+/m1/s1. The molecule has 2 heterocycles. The number of thioether (sulfide) groups is 1. The van der Waals surface area contributed by atoms with Gasteiger partial charge in [0.25, 0.3) is 0 Å². The smallest absolute Gasteiger partial charge is 0.0869 e. The number of hydrogen-bond acceptors (Lipinski definition) is 4. The van der Waals surface area contributed by atoms with Crippen molar-refractivity contribution in [3.05, 3.63) is 22.4 Å². The van der Waals surface area contributed by atoms with Gasteiger partial charge in [-0.15, -0.1) is 0 Å². The van der Waals surface area contributed by atoms with Crippen molar-refractivity contribution in [1.29, 1.82) is 0 Å². The van der Waals surface area contributed by atoms with E-state index in [-0.39, 0.29) is 0 Å². The second-order valence-corrected chi connectivity index (χ2v) is 6.69. The van der Waals surface area contributed by atoms with Crippen molar-refractivity contribution in [3.8, 4) is 0 Å². The van der Waals surface area contributed by atoms with Crippen LogP contribution in [0, 0.1) is 0 Å². The molecule has 0 aliphatic carbocycles. The molecule has 2 rings (SSSR count). The van der Waals surface area contributed by atoms with E-state index in [2.05, 4.69) is 29.1 Å². The summed E-state index contributed by atoms with van der Waals surface area (Å²) in [4.78, 5) is 0. The summed E-state index contributed by atoms with van der Waals surface area (Å²) in [5, 5.41) is 18.2. The molecule has 0 unspecified atom stereocenters. The first-order valence-corrected chi connectivity index (χ1v) is 8.39. The van der Waals surface area contributed by atoms with E-state index >= 15 is 0 Å². The van der Waals surface area contributed by atoms with Gasteiger partial charge in [0.05, 0.1) is 5.60 Å². The molecule has 17 heavy (non-hydrogen) atoms. The van der Waals surface area contributed by atoms with Crippen LogP contribution in [0.5, 0.6) is 0 Å². The molecule has 1 aromatic rings. The van der Waals surface area contributed by atoms with Crippen LogP contribution in [-0.4, -0.2) is 28.8 Å². The fraction of sp³-hybridized carbons (Fsp3) is 0.692. The van der Waals surface area contributed by atoms with Crippen LogP contribution >= 0.6 is 23.1 Å². The Morgan fingerprint density at radius 3 is 3.06 bits per heavy atom. The lowest BCUT2D eigenvalue weighted by molar-refractivity contribution is 0.0641. The molecule has 0 aromatic carbocycles. The van der Waals surface area contributed by atoms with Gasteiger partial charge in [-0.3, -0.25) is 0 Å². The van der Waals surface area contributed by atoms with Gasteiger partial charge in [-0.1, -0.05) is 13.3 Å². The van der Waals surface area contributed by atoms with Gasteiger partial charge in [0, 0.05) is 18.3 Å². The number of nitrogens with one attached hydrogen (secondary N) is 1. The average Bonchev–Trinajstić information content (AvgIpc) is 2.96. The summed E-state index contributed by atoms with van der Waals surface area (Å²) in [6.07, 6.45) is 3.23. The summed E-state index contributed by atoms with van der Waals surface area (Å²) in [6, 6.07) is 2.59. The number of thiophene rings is 1. The molecule has 96 valence electrons. The van der Waals surface area contributed by atoms with E-state index < -0.39 is 5.60 Å². The lowest BCUT2D eigenvalue weighted by Gasteiger charge is -2.26. The third kappa shape index (κ3) is 3.71. The van der Waals surface area contributed by atoms with Crippen LogP contribution in [-0.2, 0) is 0 Å². The second kappa shape index (κ2) is 6.23. The Kier molecular flexibility index (Phi) is 4.91. The molecule has 0 bridgehead atoms. The molecule has 0 spiro atoms. The van der Waals surface area contributed by atoms with E-state index in [0.29, 0.717) is 6.04 Å². The van der Waals surface area contributed by atoms with Gasteiger partial charge in [0.2, 0.25) is 0 Å². The minimum absolute atomic E-state index is 0.404.